The van der Waals surface area contributed by atoms with Crippen molar-refractivity contribution in [1.29, 1.82) is 0 Å². The third kappa shape index (κ3) is 5.74. The van der Waals surface area contributed by atoms with Gasteiger partial charge in [0.25, 0.3) is 5.91 Å². The number of nitrogens with one attached hydrogen (secondary N) is 2. The molecule has 1 atom stereocenters. The minimum absolute atomic E-state index is 0.000703. The molecular weight excluding hydrogens is 318 g/mol. The summed E-state index contributed by atoms with van der Waals surface area (Å²) >= 11 is 0. The fraction of sp³-hybridized carbons (Fsp3) is 0.579. The number of piperidine rings is 1. The molecule has 1 aliphatic heterocycles. The maximum absolute atomic E-state index is 12.3. The molecule has 1 fully saturated rings. The third-order valence-electron chi connectivity index (χ3n) is 4.47. The number of ether oxygens (including phenoxy) is 1. The number of methoxy groups -OCH3 is 1. The number of carbonyl (C=O) groups excluding carboxylic acids is 2. The van der Waals surface area contributed by atoms with Crippen molar-refractivity contribution in [3.05, 3.63) is 35.4 Å². The first-order valence-electron chi connectivity index (χ1n) is 9.05. The van der Waals surface area contributed by atoms with Crippen molar-refractivity contribution in [3.63, 3.8) is 0 Å². The van der Waals surface area contributed by atoms with E-state index >= 15 is 0 Å². The van der Waals surface area contributed by atoms with Gasteiger partial charge in [0.2, 0.25) is 0 Å². The molecule has 1 saturated heterocycles. The molecule has 1 unspecified atom stereocenters. The Labute approximate surface area is 149 Å². The van der Waals surface area contributed by atoms with Crippen LogP contribution in [0.5, 0.6) is 0 Å². The number of nitrogens with zero attached hydrogens (tertiary/aromatic N) is 1. The van der Waals surface area contributed by atoms with E-state index in [0.29, 0.717) is 31.8 Å². The Morgan fingerprint density at radius 2 is 2.16 bits per heavy atom. The molecule has 1 aromatic rings. The Morgan fingerprint density at radius 3 is 2.92 bits per heavy atom. The first-order chi connectivity index (χ1) is 12.2. The van der Waals surface area contributed by atoms with E-state index in [-0.39, 0.29) is 17.9 Å². The highest BCUT2D eigenvalue weighted by atomic mass is 16.5. The molecule has 1 aromatic carbocycles. The van der Waals surface area contributed by atoms with Crippen LogP contribution in [0.1, 0.15) is 48.0 Å². The van der Waals surface area contributed by atoms with Gasteiger partial charge in [0.1, 0.15) is 0 Å². The quantitative estimate of drug-likeness (QED) is 0.744. The second kappa shape index (κ2) is 10.0. The van der Waals surface area contributed by atoms with Crippen LogP contribution in [0, 0.1) is 0 Å². The van der Waals surface area contributed by atoms with Gasteiger partial charge in [-0.25, -0.2) is 4.79 Å². The molecule has 2 rings (SSSR count). The van der Waals surface area contributed by atoms with Gasteiger partial charge >= 0.3 is 6.03 Å². The smallest absolute Gasteiger partial charge is 0.317 e. The van der Waals surface area contributed by atoms with Crippen molar-refractivity contribution < 1.29 is 14.3 Å². The van der Waals surface area contributed by atoms with Crippen LogP contribution < -0.4 is 10.6 Å². The second-order valence-electron chi connectivity index (χ2n) is 6.35. The van der Waals surface area contributed by atoms with Crippen LogP contribution in [-0.4, -0.2) is 56.7 Å². The molecule has 1 aliphatic rings. The lowest BCUT2D eigenvalue weighted by molar-refractivity contribution is 0.0948. The van der Waals surface area contributed by atoms with Crippen molar-refractivity contribution in [2.45, 2.75) is 32.1 Å². The van der Waals surface area contributed by atoms with E-state index in [4.69, 9.17) is 4.74 Å². The van der Waals surface area contributed by atoms with Crippen molar-refractivity contribution in [3.8, 4) is 0 Å². The fourth-order valence-electron chi connectivity index (χ4n) is 3.15. The van der Waals surface area contributed by atoms with Crippen LogP contribution in [0.15, 0.2) is 24.3 Å². The highest BCUT2D eigenvalue weighted by Gasteiger charge is 2.24. The highest BCUT2D eigenvalue weighted by Crippen LogP contribution is 2.27. The number of amides is 3. The summed E-state index contributed by atoms with van der Waals surface area (Å²) in [5.74, 6) is 0.215. The monoisotopic (exact) mass is 347 g/mol. The molecule has 6 heteroatoms. The van der Waals surface area contributed by atoms with Gasteiger partial charge in [0, 0.05) is 51.4 Å². The maximum Gasteiger partial charge on any atom is 0.317 e. The van der Waals surface area contributed by atoms with Crippen molar-refractivity contribution in [2.75, 3.05) is 39.9 Å². The van der Waals surface area contributed by atoms with Crippen LogP contribution in [0.2, 0.25) is 0 Å². The Balaban J connectivity index is 1.97. The predicted molar refractivity (Wildman–Crippen MR) is 97.9 cm³/mol. The first-order valence-corrected chi connectivity index (χ1v) is 9.05. The molecule has 0 radical (unpaired) electrons. The summed E-state index contributed by atoms with van der Waals surface area (Å²) in [5, 5.41) is 5.78. The van der Waals surface area contributed by atoms with Crippen LogP contribution in [0.25, 0.3) is 0 Å². The Kier molecular flexibility index (Phi) is 7.73. The summed E-state index contributed by atoms with van der Waals surface area (Å²) in [6.45, 7) is 5.29. The third-order valence-corrected chi connectivity index (χ3v) is 4.47. The lowest BCUT2D eigenvalue weighted by Gasteiger charge is -2.33. The van der Waals surface area contributed by atoms with E-state index < -0.39 is 0 Å². The van der Waals surface area contributed by atoms with Gasteiger partial charge in [0.05, 0.1) is 0 Å². The average Bonchev–Trinajstić information content (AvgIpc) is 2.65. The normalized spacial score (nSPS) is 17.2. The summed E-state index contributed by atoms with van der Waals surface area (Å²) in [6, 6.07) is 7.76. The molecular formula is C19H29N3O3. The molecule has 0 bridgehead atoms. The first kappa shape index (κ1) is 19.2. The molecule has 6 nitrogen and oxygen atoms in total. The fourth-order valence-corrected chi connectivity index (χ4v) is 3.15. The summed E-state index contributed by atoms with van der Waals surface area (Å²) in [7, 11) is 1.65. The van der Waals surface area contributed by atoms with Gasteiger partial charge < -0.3 is 20.3 Å². The van der Waals surface area contributed by atoms with Crippen molar-refractivity contribution in [2.24, 2.45) is 0 Å². The van der Waals surface area contributed by atoms with E-state index in [1.54, 1.807) is 7.11 Å². The zero-order valence-corrected chi connectivity index (χ0v) is 15.2. The highest BCUT2D eigenvalue weighted by molar-refractivity contribution is 5.94. The zero-order valence-electron chi connectivity index (χ0n) is 15.2. The lowest BCUT2D eigenvalue weighted by atomic mass is 9.89. The summed E-state index contributed by atoms with van der Waals surface area (Å²) in [5.41, 5.74) is 1.79. The largest absolute Gasteiger partial charge is 0.385 e. The number of carbonyl (C=O) groups is 2. The second-order valence-corrected chi connectivity index (χ2v) is 6.35. The van der Waals surface area contributed by atoms with Gasteiger partial charge in [-0.05, 0) is 43.9 Å². The molecule has 0 spiro atoms. The minimum atomic E-state index is -0.0608. The van der Waals surface area contributed by atoms with Crippen LogP contribution in [-0.2, 0) is 4.74 Å². The number of hydrogen-bond acceptors (Lipinski definition) is 3. The summed E-state index contributed by atoms with van der Waals surface area (Å²) < 4.78 is 4.99. The minimum Gasteiger partial charge on any atom is -0.385 e. The number of rotatable bonds is 7. The zero-order chi connectivity index (χ0) is 18.1. The number of hydrogen-bond donors (Lipinski definition) is 2. The molecule has 0 aliphatic carbocycles. The van der Waals surface area contributed by atoms with E-state index in [1.165, 1.54) is 0 Å². The Bertz CT molecular complexity index is 577. The van der Waals surface area contributed by atoms with Gasteiger partial charge in [0.15, 0.2) is 0 Å². The Morgan fingerprint density at radius 1 is 1.32 bits per heavy atom. The molecule has 0 saturated carbocycles. The molecule has 1 heterocycles. The molecule has 0 aromatic heterocycles. The summed E-state index contributed by atoms with van der Waals surface area (Å²) in [4.78, 5) is 26.2. The van der Waals surface area contributed by atoms with E-state index in [0.717, 1.165) is 31.4 Å². The predicted octanol–water partition coefficient (Wildman–Crippen LogP) is 2.36. The van der Waals surface area contributed by atoms with Crippen LogP contribution >= 0.6 is 0 Å². The standard InChI is InChI=1S/C19H29N3O3/c1-3-20-19(24)22-11-5-9-17(14-22)15-7-4-8-16(13-15)18(23)21-10-6-12-25-2/h4,7-8,13,17H,3,5-6,9-12,14H2,1-2H3,(H,20,24)(H,21,23). The van der Waals surface area contributed by atoms with E-state index in [9.17, 15) is 9.59 Å². The van der Waals surface area contributed by atoms with Gasteiger partial charge in [-0.15, -0.1) is 0 Å². The van der Waals surface area contributed by atoms with Gasteiger partial charge in [-0.3, -0.25) is 4.79 Å². The summed E-state index contributed by atoms with van der Waals surface area (Å²) in [6.07, 6.45) is 2.82. The van der Waals surface area contributed by atoms with E-state index in [1.807, 2.05) is 36.1 Å². The number of urea groups is 1. The number of benzene rings is 1. The van der Waals surface area contributed by atoms with E-state index in [2.05, 4.69) is 10.6 Å². The topological polar surface area (TPSA) is 70.7 Å². The van der Waals surface area contributed by atoms with Gasteiger partial charge in [-0.2, -0.15) is 0 Å². The van der Waals surface area contributed by atoms with Crippen LogP contribution in [0.4, 0.5) is 4.79 Å². The SMILES string of the molecule is CCNC(=O)N1CCCC(c2cccc(C(=O)NCCCOC)c2)C1. The Hall–Kier alpha value is -2.08. The average molecular weight is 347 g/mol. The molecule has 2 N–H and O–H groups in total. The molecule has 138 valence electrons. The van der Waals surface area contributed by atoms with Crippen molar-refractivity contribution in [1.82, 2.24) is 15.5 Å². The number of likely N-dealkylation sites (tertiary alicyclic amines) is 1. The van der Waals surface area contributed by atoms with Crippen LogP contribution in [0.3, 0.4) is 0 Å². The molecule has 25 heavy (non-hydrogen) atoms. The molecule has 3 amide bonds. The van der Waals surface area contributed by atoms with Gasteiger partial charge in [-0.1, -0.05) is 12.1 Å². The maximum atomic E-state index is 12.3. The van der Waals surface area contributed by atoms with Crippen molar-refractivity contribution >= 4 is 11.9 Å². The lowest BCUT2D eigenvalue weighted by Crippen LogP contribution is -2.44.